The molecule has 0 N–H and O–H groups in total. The van der Waals surface area contributed by atoms with E-state index in [9.17, 15) is 4.79 Å². The van der Waals surface area contributed by atoms with Crippen molar-refractivity contribution in [3.63, 3.8) is 0 Å². The third kappa shape index (κ3) is 1.20. The van der Waals surface area contributed by atoms with Gasteiger partial charge in [0, 0.05) is 5.92 Å². The fourth-order valence-corrected chi connectivity index (χ4v) is 3.57. The van der Waals surface area contributed by atoms with E-state index in [1.807, 2.05) is 0 Å². The van der Waals surface area contributed by atoms with E-state index in [2.05, 4.69) is 43.4 Å². The highest BCUT2D eigenvalue weighted by atomic mass is 16.1. The standard InChI is InChI=1S/C15H18O/c1-11-7-8-12-5-4-10-15(12)9-3-2-6-13(11)14(15)16/h2-3,6-9,11-13H,4-5,10H2,1H3/t11-,12+,13-,15+/m1/s1. The second kappa shape index (κ2) is 3.44. The zero-order chi connectivity index (χ0) is 11.2. The molecule has 0 aromatic heterocycles. The van der Waals surface area contributed by atoms with Gasteiger partial charge in [-0.15, -0.1) is 0 Å². The van der Waals surface area contributed by atoms with Crippen molar-refractivity contribution in [2.45, 2.75) is 26.2 Å². The van der Waals surface area contributed by atoms with E-state index in [0.29, 0.717) is 17.6 Å². The number of hydrogen-bond donors (Lipinski definition) is 0. The maximum Gasteiger partial charge on any atom is 0.150 e. The molecule has 1 heteroatoms. The third-order valence-corrected chi connectivity index (χ3v) is 4.57. The molecular formula is C15H18O. The van der Waals surface area contributed by atoms with Crippen LogP contribution in [-0.2, 0) is 4.79 Å². The summed E-state index contributed by atoms with van der Waals surface area (Å²) in [6.07, 6.45) is 16.4. The van der Waals surface area contributed by atoms with Gasteiger partial charge in [-0.2, -0.15) is 0 Å². The van der Waals surface area contributed by atoms with E-state index >= 15 is 0 Å². The van der Waals surface area contributed by atoms with Crippen molar-refractivity contribution in [2.75, 3.05) is 0 Å². The summed E-state index contributed by atoms with van der Waals surface area (Å²) in [6.45, 7) is 2.16. The van der Waals surface area contributed by atoms with E-state index in [-0.39, 0.29) is 11.3 Å². The smallest absolute Gasteiger partial charge is 0.150 e. The molecule has 0 amide bonds. The average molecular weight is 214 g/mol. The summed E-state index contributed by atoms with van der Waals surface area (Å²) < 4.78 is 0. The zero-order valence-corrected chi connectivity index (χ0v) is 9.73. The number of hydrogen-bond acceptors (Lipinski definition) is 1. The lowest BCUT2D eigenvalue weighted by Crippen LogP contribution is -2.36. The minimum absolute atomic E-state index is 0.0920. The number of carbonyl (C=O) groups excluding carboxylic acids is 1. The van der Waals surface area contributed by atoms with Crippen LogP contribution >= 0.6 is 0 Å². The first-order valence-electron chi connectivity index (χ1n) is 6.33. The quantitative estimate of drug-likeness (QED) is 0.565. The molecule has 0 aliphatic heterocycles. The van der Waals surface area contributed by atoms with E-state index in [0.717, 1.165) is 6.42 Å². The van der Waals surface area contributed by atoms with E-state index in [4.69, 9.17) is 0 Å². The Morgan fingerprint density at radius 2 is 2.12 bits per heavy atom. The fraction of sp³-hybridized carbons (Fsp3) is 0.533. The molecule has 0 saturated heterocycles. The van der Waals surface area contributed by atoms with Crippen molar-refractivity contribution in [2.24, 2.45) is 23.2 Å². The number of ketones is 1. The summed E-state index contributed by atoms with van der Waals surface area (Å²) in [5, 5.41) is 0. The molecule has 3 aliphatic rings. The summed E-state index contributed by atoms with van der Waals surface area (Å²) in [5.41, 5.74) is -0.171. The maximum atomic E-state index is 12.7. The van der Waals surface area contributed by atoms with Crippen LogP contribution in [0.1, 0.15) is 26.2 Å². The van der Waals surface area contributed by atoms with Gasteiger partial charge in [-0.3, -0.25) is 4.79 Å². The second-order valence-electron chi connectivity index (χ2n) is 5.42. The highest BCUT2D eigenvalue weighted by molar-refractivity contribution is 5.92. The molecular weight excluding hydrogens is 196 g/mol. The Morgan fingerprint density at radius 3 is 3.00 bits per heavy atom. The fourth-order valence-electron chi connectivity index (χ4n) is 3.57. The van der Waals surface area contributed by atoms with Gasteiger partial charge in [0.2, 0.25) is 0 Å². The Morgan fingerprint density at radius 1 is 1.25 bits per heavy atom. The Labute approximate surface area is 96.9 Å². The largest absolute Gasteiger partial charge is 0.298 e. The van der Waals surface area contributed by atoms with Crippen molar-refractivity contribution in [3.8, 4) is 0 Å². The number of fused-ring (bicyclic) bond motifs is 1. The molecule has 0 unspecified atom stereocenters. The zero-order valence-electron chi connectivity index (χ0n) is 9.73. The summed E-state index contributed by atoms with van der Waals surface area (Å²) in [6, 6.07) is 0. The van der Waals surface area contributed by atoms with Crippen LogP contribution in [0, 0.1) is 23.2 Å². The molecule has 16 heavy (non-hydrogen) atoms. The topological polar surface area (TPSA) is 17.1 Å². The number of rotatable bonds is 0. The van der Waals surface area contributed by atoms with Gasteiger partial charge in [-0.05, 0) is 24.7 Å². The van der Waals surface area contributed by atoms with Crippen LogP contribution in [0.3, 0.4) is 0 Å². The van der Waals surface area contributed by atoms with Crippen molar-refractivity contribution in [1.82, 2.24) is 0 Å². The molecule has 0 heterocycles. The first kappa shape index (κ1) is 10.1. The van der Waals surface area contributed by atoms with Crippen molar-refractivity contribution in [1.29, 1.82) is 0 Å². The van der Waals surface area contributed by atoms with Gasteiger partial charge in [0.15, 0.2) is 5.78 Å². The van der Waals surface area contributed by atoms with Crippen LogP contribution in [-0.4, -0.2) is 5.78 Å². The van der Waals surface area contributed by atoms with Crippen LogP contribution < -0.4 is 0 Å². The summed E-state index contributed by atoms with van der Waals surface area (Å²) >= 11 is 0. The van der Waals surface area contributed by atoms with Crippen LogP contribution in [0.4, 0.5) is 0 Å². The van der Waals surface area contributed by atoms with Gasteiger partial charge in [-0.25, -0.2) is 0 Å². The summed E-state index contributed by atoms with van der Waals surface area (Å²) in [4.78, 5) is 12.7. The van der Waals surface area contributed by atoms with Crippen LogP contribution in [0.5, 0.6) is 0 Å². The first-order valence-corrected chi connectivity index (χ1v) is 6.33. The molecule has 1 fully saturated rings. The Bertz CT molecular complexity index is 402. The van der Waals surface area contributed by atoms with Gasteiger partial charge >= 0.3 is 0 Å². The highest BCUT2D eigenvalue weighted by Crippen LogP contribution is 2.51. The molecule has 4 atom stereocenters. The highest BCUT2D eigenvalue weighted by Gasteiger charge is 2.49. The SMILES string of the molecule is C[C@@H]1C=C[C@@H]2CCC[C@@]23C=CC=C[C@H]1C3=O. The normalized spacial score (nSPS) is 45.3. The lowest BCUT2D eigenvalue weighted by atomic mass is 9.71. The average Bonchev–Trinajstić information content (AvgIpc) is 2.58. The summed E-state index contributed by atoms with van der Waals surface area (Å²) in [5.74, 6) is 1.35. The Kier molecular flexibility index (Phi) is 2.17. The van der Waals surface area contributed by atoms with Gasteiger partial charge in [0.05, 0.1) is 5.41 Å². The number of allylic oxidation sites excluding steroid dienone is 6. The van der Waals surface area contributed by atoms with Crippen molar-refractivity contribution < 1.29 is 4.79 Å². The van der Waals surface area contributed by atoms with Crippen LogP contribution in [0.15, 0.2) is 36.5 Å². The lowest BCUT2D eigenvalue weighted by molar-refractivity contribution is -0.130. The lowest BCUT2D eigenvalue weighted by Gasteiger charge is -2.30. The molecule has 0 aromatic rings. The minimum Gasteiger partial charge on any atom is -0.298 e. The molecule has 0 aromatic carbocycles. The first-order chi connectivity index (χ1) is 7.74. The van der Waals surface area contributed by atoms with Crippen molar-refractivity contribution in [3.05, 3.63) is 36.5 Å². The van der Waals surface area contributed by atoms with E-state index in [1.165, 1.54) is 12.8 Å². The van der Waals surface area contributed by atoms with Gasteiger partial charge < -0.3 is 0 Å². The van der Waals surface area contributed by atoms with E-state index < -0.39 is 0 Å². The van der Waals surface area contributed by atoms with Gasteiger partial charge in [-0.1, -0.05) is 49.8 Å². The third-order valence-electron chi connectivity index (χ3n) is 4.57. The van der Waals surface area contributed by atoms with Gasteiger partial charge in [0.1, 0.15) is 0 Å². The number of carbonyl (C=O) groups is 1. The minimum atomic E-state index is -0.171. The van der Waals surface area contributed by atoms with E-state index in [1.54, 1.807) is 0 Å². The van der Waals surface area contributed by atoms with Gasteiger partial charge in [0.25, 0.3) is 0 Å². The molecule has 1 spiro atoms. The summed E-state index contributed by atoms with van der Waals surface area (Å²) in [7, 11) is 0. The molecule has 3 aliphatic carbocycles. The van der Waals surface area contributed by atoms with Crippen LogP contribution in [0.25, 0.3) is 0 Å². The Hall–Kier alpha value is -1.11. The maximum absolute atomic E-state index is 12.7. The predicted molar refractivity (Wildman–Crippen MR) is 64.9 cm³/mol. The van der Waals surface area contributed by atoms with Crippen LogP contribution in [0.2, 0.25) is 0 Å². The molecule has 0 radical (unpaired) electrons. The molecule has 3 rings (SSSR count). The van der Waals surface area contributed by atoms with Crippen molar-refractivity contribution >= 4 is 5.78 Å². The molecule has 2 bridgehead atoms. The number of Topliss-reactive ketones (excluding diaryl/α,β-unsaturated/α-hetero) is 1. The second-order valence-corrected chi connectivity index (χ2v) is 5.42. The molecule has 1 nitrogen and oxygen atoms in total. The monoisotopic (exact) mass is 214 g/mol. The Balaban J connectivity index is 2.15. The molecule has 84 valence electrons. The predicted octanol–water partition coefficient (Wildman–Crippen LogP) is 3.29. The molecule has 1 saturated carbocycles.